The molecule has 0 bridgehead atoms. The topological polar surface area (TPSA) is 32.3 Å². The van der Waals surface area contributed by atoms with Crippen molar-refractivity contribution in [2.45, 2.75) is 33.1 Å². The van der Waals surface area contributed by atoms with Gasteiger partial charge in [0.25, 0.3) is 0 Å². The third kappa shape index (κ3) is 3.29. The van der Waals surface area contributed by atoms with Gasteiger partial charge in [0.2, 0.25) is 5.91 Å². The van der Waals surface area contributed by atoms with Gasteiger partial charge in [0.05, 0.1) is 0 Å². The van der Waals surface area contributed by atoms with Gasteiger partial charge < -0.3 is 10.2 Å². The SMILES string of the molecule is CCC(=O)N(CC)CC1CCNCC1. The molecule has 0 saturated carbocycles. The second kappa shape index (κ2) is 6.02. The van der Waals surface area contributed by atoms with E-state index in [2.05, 4.69) is 12.2 Å². The van der Waals surface area contributed by atoms with Crippen molar-refractivity contribution < 1.29 is 4.79 Å². The lowest BCUT2D eigenvalue weighted by atomic mass is 9.97. The summed E-state index contributed by atoms with van der Waals surface area (Å²) < 4.78 is 0. The summed E-state index contributed by atoms with van der Waals surface area (Å²) in [5, 5.41) is 3.35. The number of amides is 1. The van der Waals surface area contributed by atoms with E-state index in [1.54, 1.807) is 0 Å². The minimum absolute atomic E-state index is 0.297. The molecule has 0 aromatic heterocycles. The van der Waals surface area contributed by atoms with Crippen molar-refractivity contribution >= 4 is 5.91 Å². The normalized spacial score (nSPS) is 18.1. The molecule has 1 rings (SSSR count). The second-order valence-electron chi connectivity index (χ2n) is 3.98. The fraction of sp³-hybridized carbons (Fsp3) is 0.909. The van der Waals surface area contributed by atoms with E-state index in [-0.39, 0.29) is 0 Å². The van der Waals surface area contributed by atoms with Gasteiger partial charge in [-0.3, -0.25) is 4.79 Å². The standard InChI is InChI=1S/C11H22N2O/c1-3-11(14)13(4-2)9-10-5-7-12-8-6-10/h10,12H,3-9H2,1-2H3. The Bertz CT molecular complexity index is 176. The number of nitrogens with zero attached hydrogens (tertiary/aromatic N) is 1. The van der Waals surface area contributed by atoms with Crippen LogP contribution in [0.25, 0.3) is 0 Å². The molecule has 3 nitrogen and oxygen atoms in total. The highest BCUT2D eigenvalue weighted by Crippen LogP contribution is 2.13. The second-order valence-corrected chi connectivity index (χ2v) is 3.98. The Morgan fingerprint density at radius 2 is 2.00 bits per heavy atom. The summed E-state index contributed by atoms with van der Waals surface area (Å²) in [6, 6.07) is 0. The number of nitrogens with one attached hydrogen (secondary N) is 1. The van der Waals surface area contributed by atoms with E-state index in [0.717, 1.165) is 26.2 Å². The lowest BCUT2D eigenvalue weighted by molar-refractivity contribution is -0.131. The molecule has 0 radical (unpaired) electrons. The maximum Gasteiger partial charge on any atom is 0.222 e. The summed E-state index contributed by atoms with van der Waals surface area (Å²) in [6.07, 6.45) is 3.07. The molecule has 1 fully saturated rings. The Balaban J connectivity index is 2.34. The number of rotatable bonds is 4. The van der Waals surface area contributed by atoms with Gasteiger partial charge in [-0.1, -0.05) is 6.92 Å². The van der Waals surface area contributed by atoms with Crippen LogP contribution in [0.5, 0.6) is 0 Å². The maximum atomic E-state index is 11.5. The molecule has 0 unspecified atom stereocenters. The van der Waals surface area contributed by atoms with Gasteiger partial charge >= 0.3 is 0 Å². The molecule has 0 aromatic rings. The van der Waals surface area contributed by atoms with Crippen molar-refractivity contribution in [2.75, 3.05) is 26.2 Å². The fourth-order valence-electron chi connectivity index (χ4n) is 2.01. The quantitative estimate of drug-likeness (QED) is 0.737. The molecule has 0 aromatic carbocycles. The monoisotopic (exact) mass is 198 g/mol. The van der Waals surface area contributed by atoms with Crippen molar-refractivity contribution in [3.05, 3.63) is 0 Å². The van der Waals surface area contributed by atoms with Gasteiger partial charge in [0.15, 0.2) is 0 Å². The Kier molecular flexibility index (Phi) is 4.94. The Morgan fingerprint density at radius 3 is 2.50 bits per heavy atom. The molecular formula is C11H22N2O. The predicted molar refractivity (Wildman–Crippen MR) is 58.1 cm³/mol. The first-order valence-corrected chi connectivity index (χ1v) is 5.76. The smallest absolute Gasteiger partial charge is 0.222 e. The van der Waals surface area contributed by atoms with Crippen molar-refractivity contribution in [3.8, 4) is 0 Å². The number of piperidine rings is 1. The van der Waals surface area contributed by atoms with Gasteiger partial charge in [-0.25, -0.2) is 0 Å². The highest BCUT2D eigenvalue weighted by Gasteiger charge is 2.18. The van der Waals surface area contributed by atoms with Gasteiger partial charge in [-0.2, -0.15) is 0 Å². The van der Waals surface area contributed by atoms with Crippen molar-refractivity contribution in [1.29, 1.82) is 0 Å². The van der Waals surface area contributed by atoms with Crippen molar-refractivity contribution in [1.82, 2.24) is 10.2 Å². The van der Waals surface area contributed by atoms with Crippen LogP contribution in [-0.4, -0.2) is 37.0 Å². The summed E-state index contributed by atoms with van der Waals surface area (Å²) in [5.74, 6) is 1.01. The largest absolute Gasteiger partial charge is 0.343 e. The van der Waals surface area contributed by atoms with E-state index in [1.807, 2.05) is 11.8 Å². The third-order valence-corrected chi connectivity index (χ3v) is 2.97. The zero-order valence-corrected chi connectivity index (χ0v) is 9.38. The first-order chi connectivity index (χ1) is 6.77. The van der Waals surface area contributed by atoms with E-state index in [0.29, 0.717) is 18.2 Å². The minimum atomic E-state index is 0.297. The Morgan fingerprint density at radius 1 is 1.36 bits per heavy atom. The molecule has 0 spiro atoms. The molecular weight excluding hydrogens is 176 g/mol. The Labute approximate surface area is 86.9 Å². The summed E-state index contributed by atoms with van der Waals surface area (Å²) >= 11 is 0. The van der Waals surface area contributed by atoms with Crippen LogP contribution >= 0.6 is 0 Å². The van der Waals surface area contributed by atoms with Gasteiger partial charge in [-0.15, -0.1) is 0 Å². The molecule has 82 valence electrons. The van der Waals surface area contributed by atoms with E-state index >= 15 is 0 Å². The molecule has 1 heterocycles. The maximum absolute atomic E-state index is 11.5. The number of hydrogen-bond donors (Lipinski definition) is 1. The van der Waals surface area contributed by atoms with Crippen LogP contribution in [0.2, 0.25) is 0 Å². The molecule has 1 aliphatic rings. The van der Waals surface area contributed by atoms with Crippen LogP contribution in [0.4, 0.5) is 0 Å². The lowest BCUT2D eigenvalue weighted by Crippen LogP contribution is -2.38. The molecule has 1 N–H and O–H groups in total. The van der Waals surface area contributed by atoms with Crippen LogP contribution < -0.4 is 5.32 Å². The molecule has 0 aliphatic carbocycles. The molecule has 1 aliphatic heterocycles. The first kappa shape index (κ1) is 11.5. The molecule has 1 saturated heterocycles. The van der Waals surface area contributed by atoms with Crippen molar-refractivity contribution in [3.63, 3.8) is 0 Å². The van der Waals surface area contributed by atoms with E-state index < -0.39 is 0 Å². The number of carbonyl (C=O) groups is 1. The summed E-state index contributed by atoms with van der Waals surface area (Å²) in [7, 11) is 0. The minimum Gasteiger partial charge on any atom is -0.343 e. The average Bonchev–Trinajstić information content (AvgIpc) is 2.26. The zero-order valence-electron chi connectivity index (χ0n) is 9.38. The van der Waals surface area contributed by atoms with Crippen LogP contribution in [-0.2, 0) is 4.79 Å². The van der Waals surface area contributed by atoms with Gasteiger partial charge in [0.1, 0.15) is 0 Å². The van der Waals surface area contributed by atoms with E-state index in [1.165, 1.54) is 12.8 Å². The number of carbonyl (C=O) groups excluding carboxylic acids is 1. The Hall–Kier alpha value is -0.570. The first-order valence-electron chi connectivity index (χ1n) is 5.76. The van der Waals surface area contributed by atoms with Crippen LogP contribution in [0.15, 0.2) is 0 Å². The van der Waals surface area contributed by atoms with Crippen LogP contribution in [0, 0.1) is 5.92 Å². The van der Waals surface area contributed by atoms with Gasteiger partial charge in [-0.05, 0) is 38.8 Å². The summed E-state index contributed by atoms with van der Waals surface area (Å²) in [6.45, 7) is 8.05. The van der Waals surface area contributed by atoms with E-state index in [4.69, 9.17) is 0 Å². The number of hydrogen-bond acceptors (Lipinski definition) is 2. The predicted octanol–water partition coefficient (Wildman–Crippen LogP) is 1.24. The highest BCUT2D eigenvalue weighted by molar-refractivity contribution is 5.75. The van der Waals surface area contributed by atoms with Crippen LogP contribution in [0.1, 0.15) is 33.1 Å². The zero-order chi connectivity index (χ0) is 10.4. The van der Waals surface area contributed by atoms with Crippen LogP contribution in [0.3, 0.4) is 0 Å². The third-order valence-electron chi connectivity index (χ3n) is 2.97. The average molecular weight is 198 g/mol. The molecule has 0 atom stereocenters. The fourth-order valence-corrected chi connectivity index (χ4v) is 2.01. The molecule has 14 heavy (non-hydrogen) atoms. The summed E-state index contributed by atoms with van der Waals surface area (Å²) in [4.78, 5) is 13.5. The van der Waals surface area contributed by atoms with Crippen molar-refractivity contribution in [2.24, 2.45) is 5.92 Å². The van der Waals surface area contributed by atoms with E-state index in [9.17, 15) is 4.79 Å². The molecule has 1 amide bonds. The van der Waals surface area contributed by atoms with Gasteiger partial charge in [0, 0.05) is 19.5 Å². The molecule has 3 heteroatoms. The summed E-state index contributed by atoms with van der Waals surface area (Å²) in [5.41, 5.74) is 0. The lowest BCUT2D eigenvalue weighted by Gasteiger charge is -2.29. The highest BCUT2D eigenvalue weighted by atomic mass is 16.2.